The largest absolute Gasteiger partial charge is 0.490 e. The van der Waals surface area contributed by atoms with E-state index in [1.165, 1.54) is 25.3 Å². The smallest absolute Gasteiger partial charge is 0.165 e. The first-order valence-electron chi connectivity index (χ1n) is 6.24. The van der Waals surface area contributed by atoms with E-state index < -0.39 is 0 Å². The van der Waals surface area contributed by atoms with Crippen LogP contribution in [0.4, 0.5) is 4.39 Å². The van der Waals surface area contributed by atoms with Crippen molar-refractivity contribution in [1.29, 1.82) is 0 Å². The first kappa shape index (κ1) is 12.4. The SMILES string of the molecule is CC(CO)c1ccc(OCC2CCC2)c(F)c1. The van der Waals surface area contributed by atoms with Crippen LogP contribution >= 0.6 is 0 Å². The molecule has 94 valence electrons. The molecular weight excluding hydrogens is 219 g/mol. The third kappa shape index (κ3) is 2.97. The molecule has 0 spiro atoms. The lowest BCUT2D eigenvalue weighted by atomic mass is 9.86. The predicted molar refractivity (Wildman–Crippen MR) is 64.7 cm³/mol. The van der Waals surface area contributed by atoms with E-state index in [1.54, 1.807) is 6.07 Å². The minimum atomic E-state index is -0.331. The first-order chi connectivity index (χ1) is 8.20. The summed E-state index contributed by atoms with van der Waals surface area (Å²) < 4.78 is 19.2. The highest BCUT2D eigenvalue weighted by atomic mass is 19.1. The van der Waals surface area contributed by atoms with Crippen LogP contribution in [-0.2, 0) is 0 Å². The molecule has 3 heteroatoms. The number of aliphatic hydroxyl groups is 1. The molecule has 1 aromatic carbocycles. The van der Waals surface area contributed by atoms with Gasteiger partial charge in [0.15, 0.2) is 11.6 Å². The molecule has 0 aliphatic heterocycles. The van der Waals surface area contributed by atoms with Crippen LogP contribution in [-0.4, -0.2) is 18.3 Å². The maximum Gasteiger partial charge on any atom is 0.165 e. The van der Waals surface area contributed by atoms with Gasteiger partial charge in [-0.05, 0) is 36.5 Å². The lowest BCUT2D eigenvalue weighted by molar-refractivity contribution is 0.175. The van der Waals surface area contributed by atoms with Gasteiger partial charge in [0, 0.05) is 12.5 Å². The maximum atomic E-state index is 13.7. The third-order valence-corrected chi connectivity index (χ3v) is 3.50. The molecule has 1 saturated carbocycles. The second kappa shape index (κ2) is 5.50. The van der Waals surface area contributed by atoms with E-state index in [1.807, 2.05) is 13.0 Å². The standard InChI is InChI=1S/C14H19FO2/c1-10(8-16)12-5-6-14(13(15)7-12)17-9-11-3-2-4-11/h5-7,10-11,16H,2-4,8-9H2,1H3. The Morgan fingerprint density at radius 1 is 1.47 bits per heavy atom. The monoisotopic (exact) mass is 238 g/mol. The molecule has 0 heterocycles. The fourth-order valence-electron chi connectivity index (χ4n) is 1.91. The van der Waals surface area contributed by atoms with Crippen LogP contribution in [0.1, 0.15) is 37.7 Å². The molecular formula is C14H19FO2. The van der Waals surface area contributed by atoms with Gasteiger partial charge in [-0.1, -0.05) is 19.4 Å². The third-order valence-electron chi connectivity index (χ3n) is 3.50. The van der Waals surface area contributed by atoms with Crippen LogP contribution in [0, 0.1) is 11.7 Å². The topological polar surface area (TPSA) is 29.5 Å². The number of aliphatic hydroxyl groups excluding tert-OH is 1. The molecule has 1 unspecified atom stereocenters. The van der Waals surface area contributed by atoms with Gasteiger partial charge in [0.05, 0.1) is 6.61 Å². The molecule has 0 bridgehead atoms. The Hall–Kier alpha value is -1.09. The Bertz CT molecular complexity index is 374. The number of hydrogen-bond donors (Lipinski definition) is 1. The minimum Gasteiger partial charge on any atom is -0.490 e. The molecule has 0 amide bonds. The average molecular weight is 238 g/mol. The summed E-state index contributed by atoms with van der Waals surface area (Å²) in [4.78, 5) is 0. The number of ether oxygens (including phenoxy) is 1. The minimum absolute atomic E-state index is 0.0295. The van der Waals surface area contributed by atoms with Crippen molar-refractivity contribution in [2.45, 2.75) is 32.1 Å². The fourth-order valence-corrected chi connectivity index (χ4v) is 1.91. The van der Waals surface area contributed by atoms with Crippen molar-refractivity contribution in [2.75, 3.05) is 13.2 Å². The van der Waals surface area contributed by atoms with Crippen molar-refractivity contribution in [3.8, 4) is 5.75 Å². The summed E-state index contributed by atoms with van der Waals surface area (Å²) in [6, 6.07) is 4.94. The number of hydrogen-bond acceptors (Lipinski definition) is 2. The molecule has 2 nitrogen and oxygen atoms in total. The first-order valence-corrected chi connectivity index (χ1v) is 6.24. The highest BCUT2D eigenvalue weighted by Gasteiger charge is 2.18. The lowest BCUT2D eigenvalue weighted by Crippen LogP contribution is -2.19. The van der Waals surface area contributed by atoms with Crippen molar-refractivity contribution < 1.29 is 14.2 Å². The van der Waals surface area contributed by atoms with Gasteiger partial charge in [-0.15, -0.1) is 0 Å². The van der Waals surface area contributed by atoms with Crippen molar-refractivity contribution >= 4 is 0 Å². The van der Waals surface area contributed by atoms with E-state index in [0.717, 1.165) is 5.56 Å². The number of rotatable bonds is 5. The number of benzene rings is 1. The maximum absolute atomic E-state index is 13.7. The van der Waals surface area contributed by atoms with Gasteiger partial charge in [-0.3, -0.25) is 0 Å². The lowest BCUT2D eigenvalue weighted by Gasteiger charge is -2.25. The van der Waals surface area contributed by atoms with Gasteiger partial charge in [0.25, 0.3) is 0 Å². The molecule has 1 atom stereocenters. The van der Waals surface area contributed by atoms with Gasteiger partial charge in [-0.2, -0.15) is 0 Å². The van der Waals surface area contributed by atoms with E-state index in [2.05, 4.69) is 0 Å². The zero-order valence-electron chi connectivity index (χ0n) is 10.2. The zero-order chi connectivity index (χ0) is 12.3. The summed E-state index contributed by atoms with van der Waals surface area (Å²) >= 11 is 0. The Labute approximate surface area is 101 Å². The van der Waals surface area contributed by atoms with Crippen LogP contribution in [0.3, 0.4) is 0 Å². The van der Waals surface area contributed by atoms with Gasteiger partial charge < -0.3 is 9.84 Å². The van der Waals surface area contributed by atoms with Crippen LogP contribution in [0.2, 0.25) is 0 Å². The Morgan fingerprint density at radius 2 is 2.24 bits per heavy atom. The predicted octanol–water partition coefficient (Wildman–Crippen LogP) is 3.10. The van der Waals surface area contributed by atoms with E-state index in [9.17, 15) is 4.39 Å². The summed E-state index contributed by atoms with van der Waals surface area (Å²) in [5.41, 5.74) is 0.806. The molecule has 0 saturated heterocycles. The zero-order valence-corrected chi connectivity index (χ0v) is 10.2. The Balaban J connectivity index is 1.97. The summed E-state index contributed by atoms with van der Waals surface area (Å²) in [7, 11) is 0. The van der Waals surface area contributed by atoms with Gasteiger partial charge in [0.2, 0.25) is 0 Å². The van der Waals surface area contributed by atoms with Gasteiger partial charge in [0.1, 0.15) is 0 Å². The molecule has 1 aromatic rings. The van der Waals surface area contributed by atoms with Crippen LogP contribution in [0.5, 0.6) is 5.75 Å². The molecule has 0 aromatic heterocycles. The van der Waals surface area contributed by atoms with Crippen molar-refractivity contribution in [1.82, 2.24) is 0 Å². The summed E-state index contributed by atoms with van der Waals surface area (Å²) in [6.45, 7) is 2.51. The normalized spacial score (nSPS) is 17.6. The average Bonchev–Trinajstić information content (AvgIpc) is 2.28. The molecule has 0 radical (unpaired) electrons. The Morgan fingerprint density at radius 3 is 2.76 bits per heavy atom. The molecule has 17 heavy (non-hydrogen) atoms. The molecule has 1 aliphatic rings. The van der Waals surface area contributed by atoms with Crippen molar-refractivity contribution in [3.05, 3.63) is 29.6 Å². The fraction of sp³-hybridized carbons (Fsp3) is 0.571. The quantitative estimate of drug-likeness (QED) is 0.854. The molecule has 1 aliphatic carbocycles. The highest BCUT2D eigenvalue weighted by Crippen LogP contribution is 2.28. The summed E-state index contributed by atoms with van der Waals surface area (Å²) in [5.74, 6) is 0.559. The summed E-state index contributed by atoms with van der Waals surface area (Å²) in [6.07, 6.45) is 3.66. The van der Waals surface area contributed by atoms with Gasteiger partial charge in [-0.25, -0.2) is 4.39 Å². The highest BCUT2D eigenvalue weighted by molar-refractivity contribution is 5.31. The van der Waals surface area contributed by atoms with E-state index in [-0.39, 0.29) is 18.3 Å². The molecule has 1 N–H and O–H groups in total. The van der Waals surface area contributed by atoms with Gasteiger partial charge >= 0.3 is 0 Å². The van der Waals surface area contributed by atoms with E-state index in [0.29, 0.717) is 18.3 Å². The van der Waals surface area contributed by atoms with E-state index in [4.69, 9.17) is 9.84 Å². The number of halogens is 1. The van der Waals surface area contributed by atoms with E-state index >= 15 is 0 Å². The second-order valence-corrected chi connectivity index (χ2v) is 4.88. The van der Waals surface area contributed by atoms with Crippen LogP contribution in [0.25, 0.3) is 0 Å². The van der Waals surface area contributed by atoms with Crippen molar-refractivity contribution in [2.24, 2.45) is 5.92 Å². The van der Waals surface area contributed by atoms with Crippen LogP contribution < -0.4 is 4.74 Å². The molecule has 2 rings (SSSR count). The summed E-state index contributed by atoms with van der Waals surface area (Å²) in [5, 5.41) is 9.01. The molecule has 1 fully saturated rings. The Kier molecular flexibility index (Phi) is 4.00. The van der Waals surface area contributed by atoms with Crippen molar-refractivity contribution in [3.63, 3.8) is 0 Å². The van der Waals surface area contributed by atoms with Crippen LogP contribution in [0.15, 0.2) is 18.2 Å². The second-order valence-electron chi connectivity index (χ2n) is 4.88.